The summed E-state index contributed by atoms with van der Waals surface area (Å²) in [7, 11) is 1.24. The minimum absolute atomic E-state index is 0.00113. The van der Waals surface area contributed by atoms with E-state index in [-0.39, 0.29) is 28.8 Å². The smallest absolute Gasteiger partial charge is 0.339 e. The second-order valence-corrected chi connectivity index (χ2v) is 7.57. The summed E-state index contributed by atoms with van der Waals surface area (Å²) in [6.07, 6.45) is -0.00113. The molecule has 1 aliphatic heterocycles. The van der Waals surface area contributed by atoms with Crippen LogP contribution in [0.5, 0.6) is 0 Å². The number of anilines is 1. The number of imide groups is 1. The van der Waals surface area contributed by atoms with Gasteiger partial charge in [0, 0.05) is 12.0 Å². The molecule has 1 N–H and O–H groups in total. The van der Waals surface area contributed by atoms with E-state index in [4.69, 9.17) is 9.26 Å². The monoisotopic (exact) mass is 447 g/mol. The zero-order valence-electron chi connectivity index (χ0n) is 18.2. The number of hydrogen-bond donors (Lipinski definition) is 1. The van der Waals surface area contributed by atoms with Gasteiger partial charge in [0.05, 0.1) is 35.2 Å². The van der Waals surface area contributed by atoms with Crippen molar-refractivity contribution in [1.29, 1.82) is 0 Å². The molecule has 0 saturated heterocycles. The summed E-state index contributed by atoms with van der Waals surface area (Å²) in [6, 6.07) is 11.5. The first-order valence-electron chi connectivity index (χ1n) is 10.2. The first-order chi connectivity index (χ1) is 15.8. The van der Waals surface area contributed by atoms with Crippen LogP contribution >= 0.6 is 0 Å². The molecule has 0 radical (unpaired) electrons. The van der Waals surface area contributed by atoms with Gasteiger partial charge in [-0.15, -0.1) is 0 Å². The zero-order chi connectivity index (χ0) is 23.7. The topological polar surface area (TPSA) is 119 Å². The largest absolute Gasteiger partial charge is 0.465 e. The van der Waals surface area contributed by atoms with Crippen molar-refractivity contribution in [3.63, 3.8) is 0 Å². The Balaban J connectivity index is 1.73. The number of aryl methyl sites for hydroxylation is 2. The van der Waals surface area contributed by atoms with E-state index in [2.05, 4.69) is 10.5 Å². The van der Waals surface area contributed by atoms with Crippen molar-refractivity contribution in [2.45, 2.75) is 26.3 Å². The van der Waals surface area contributed by atoms with E-state index in [0.717, 1.165) is 4.90 Å². The number of nitrogens with zero attached hydrogens (tertiary/aromatic N) is 2. The fourth-order valence-corrected chi connectivity index (χ4v) is 3.87. The molecule has 2 aromatic carbocycles. The van der Waals surface area contributed by atoms with Gasteiger partial charge in [0.15, 0.2) is 0 Å². The predicted octanol–water partition coefficient (Wildman–Crippen LogP) is 2.92. The lowest BCUT2D eigenvalue weighted by Crippen LogP contribution is -2.48. The van der Waals surface area contributed by atoms with Crippen molar-refractivity contribution in [1.82, 2.24) is 10.1 Å². The quantitative estimate of drug-likeness (QED) is 0.456. The van der Waals surface area contributed by atoms with Gasteiger partial charge >= 0.3 is 5.97 Å². The summed E-state index contributed by atoms with van der Waals surface area (Å²) in [5.41, 5.74) is 1.98. The highest BCUT2D eigenvalue weighted by Crippen LogP contribution is 2.28. The highest BCUT2D eigenvalue weighted by Gasteiger charge is 2.43. The number of carbonyl (C=O) groups excluding carboxylic acids is 4. The van der Waals surface area contributed by atoms with Gasteiger partial charge in [-0.2, -0.15) is 0 Å². The zero-order valence-corrected chi connectivity index (χ0v) is 18.2. The van der Waals surface area contributed by atoms with Gasteiger partial charge in [-0.3, -0.25) is 19.3 Å². The molecule has 2 heterocycles. The van der Waals surface area contributed by atoms with Crippen LogP contribution in [0, 0.1) is 13.8 Å². The fraction of sp³-hybridized carbons (Fsp3) is 0.208. The Bertz CT molecular complexity index is 1220. The van der Waals surface area contributed by atoms with Crippen LogP contribution in [0.2, 0.25) is 0 Å². The summed E-state index contributed by atoms with van der Waals surface area (Å²) >= 11 is 0. The maximum atomic E-state index is 13.5. The van der Waals surface area contributed by atoms with E-state index < -0.39 is 29.7 Å². The lowest BCUT2D eigenvalue weighted by molar-refractivity contribution is -0.119. The summed E-state index contributed by atoms with van der Waals surface area (Å²) in [5.74, 6) is -1.92. The molecule has 9 nitrogen and oxygen atoms in total. The standard InChI is InChI=1S/C24H21N3O6/c1-13-18(14(2)33-26-13)12-20(27-22(29)15-8-4-5-9-16(15)23(27)30)21(28)25-19-11-7-6-10-17(19)24(31)32-3/h4-11,20H,12H2,1-3H3,(H,25,28). The van der Waals surface area contributed by atoms with Crippen LogP contribution < -0.4 is 5.32 Å². The number of aromatic nitrogens is 1. The number of ether oxygens (including phenoxy) is 1. The van der Waals surface area contributed by atoms with Gasteiger partial charge < -0.3 is 14.6 Å². The van der Waals surface area contributed by atoms with E-state index in [1.165, 1.54) is 13.2 Å². The number of amides is 3. The maximum Gasteiger partial charge on any atom is 0.339 e. The van der Waals surface area contributed by atoms with E-state index in [9.17, 15) is 19.2 Å². The number of para-hydroxylation sites is 1. The summed E-state index contributed by atoms with van der Waals surface area (Å²) in [4.78, 5) is 52.8. The Morgan fingerprint density at radius 3 is 2.21 bits per heavy atom. The number of fused-ring (bicyclic) bond motifs is 1. The second kappa shape index (κ2) is 8.70. The van der Waals surface area contributed by atoms with Crippen molar-refractivity contribution in [2.75, 3.05) is 12.4 Å². The molecular formula is C24H21N3O6. The van der Waals surface area contributed by atoms with Crippen LogP contribution in [0.25, 0.3) is 0 Å². The number of nitrogens with one attached hydrogen (secondary N) is 1. The van der Waals surface area contributed by atoms with Gasteiger partial charge in [0.2, 0.25) is 5.91 Å². The molecule has 33 heavy (non-hydrogen) atoms. The maximum absolute atomic E-state index is 13.5. The minimum Gasteiger partial charge on any atom is -0.465 e. The molecule has 1 unspecified atom stereocenters. The van der Waals surface area contributed by atoms with Crippen LogP contribution in [0.15, 0.2) is 53.1 Å². The first kappa shape index (κ1) is 21.9. The highest BCUT2D eigenvalue weighted by atomic mass is 16.5. The summed E-state index contributed by atoms with van der Waals surface area (Å²) in [6.45, 7) is 3.41. The molecular weight excluding hydrogens is 426 g/mol. The van der Waals surface area contributed by atoms with Crippen molar-refractivity contribution in [3.05, 3.63) is 82.2 Å². The van der Waals surface area contributed by atoms with E-state index in [1.807, 2.05) is 0 Å². The fourth-order valence-electron chi connectivity index (χ4n) is 3.87. The SMILES string of the molecule is COC(=O)c1ccccc1NC(=O)C(Cc1c(C)noc1C)N1C(=O)c2ccccc2C1=O. The predicted molar refractivity (Wildman–Crippen MR) is 117 cm³/mol. The Kier molecular flexibility index (Phi) is 5.78. The normalized spacial score (nSPS) is 13.6. The third-order valence-electron chi connectivity index (χ3n) is 5.61. The van der Waals surface area contributed by atoms with Crippen LogP contribution in [-0.4, -0.2) is 46.9 Å². The number of carbonyl (C=O) groups is 4. The summed E-state index contributed by atoms with van der Waals surface area (Å²) in [5, 5.41) is 6.59. The molecule has 1 aliphatic rings. The van der Waals surface area contributed by atoms with Crippen LogP contribution in [0.3, 0.4) is 0 Å². The van der Waals surface area contributed by atoms with E-state index in [0.29, 0.717) is 17.0 Å². The lowest BCUT2D eigenvalue weighted by atomic mass is 10.0. The molecule has 1 aromatic heterocycles. The third-order valence-corrected chi connectivity index (χ3v) is 5.61. The molecule has 3 amide bonds. The van der Waals surface area contributed by atoms with E-state index >= 15 is 0 Å². The van der Waals surface area contributed by atoms with Gasteiger partial charge in [-0.1, -0.05) is 29.4 Å². The molecule has 168 valence electrons. The molecule has 9 heteroatoms. The number of esters is 1. The molecule has 0 saturated carbocycles. The number of rotatable bonds is 6. The molecule has 0 bridgehead atoms. The van der Waals surface area contributed by atoms with Crippen LogP contribution in [-0.2, 0) is 16.0 Å². The number of benzene rings is 2. The van der Waals surface area contributed by atoms with Gasteiger partial charge in [-0.05, 0) is 38.1 Å². The Morgan fingerprint density at radius 1 is 1.03 bits per heavy atom. The lowest BCUT2D eigenvalue weighted by Gasteiger charge is -2.25. The highest BCUT2D eigenvalue weighted by molar-refractivity contribution is 6.23. The van der Waals surface area contributed by atoms with Gasteiger partial charge in [-0.25, -0.2) is 4.79 Å². The summed E-state index contributed by atoms with van der Waals surface area (Å²) < 4.78 is 9.99. The van der Waals surface area contributed by atoms with Gasteiger partial charge in [0.1, 0.15) is 11.8 Å². The average Bonchev–Trinajstić information content (AvgIpc) is 3.27. The molecule has 0 fully saturated rings. The second-order valence-electron chi connectivity index (χ2n) is 7.57. The van der Waals surface area contributed by atoms with Crippen molar-refractivity contribution < 1.29 is 28.4 Å². The van der Waals surface area contributed by atoms with Crippen molar-refractivity contribution in [2.24, 2.45) is 0 Å². The third kappa shape index (κ3) is 3.89. The number of methoxy groups -OCH3 is 1. The first-order valence-corrected chi connectivity index (χ1v) is 10.2. The molecule has 4 rings (SSSR count). The van der Waals surface area contributed by atoms with Crippen molar-refractivity contribution in [3.8, 4) is 0 Å². The van der Waals surface area contributed by atoms with E-state index in [1.54, 1.807) is 56.3 Å². The van der Waals surface area contributed by atoms with Crippen LogP contribution in [0.4, 0.5) is 5.69 Å². The Labute approximate surface area is 189 Å². The minimum atomic E-state index is -1.21. The van der Waals surface area contributed by atoms with Crippen LogP contribution in [0.1, 0.15) is 48.1 Å². The Hall–Kier alpha value is -4.27. The number of hydrogen-bond acceptors (Lipinski definition) is 7. The molecule has 1 atom stereocenters. The molecule has 3 aromatic rings. The van der Waals surface area contributed by atoms with Crippen molar-refractivity contribution >= 4 is 29.4 Å². The van der Waals surface area contributed by atoms with Gasteiger partial charge in [0.25, 0.3) is 11.8 Å². The molecule has 0 spiro atoms. The molecule has 0 aliphatic carbocycles. The Morgan fingerprint density at radius 2 is 1.64 bits per heavy atom. The average molecular weight is 447 g/mol.